The molecule has 1 heterocycles. The molecule has 0 N–H and O–H groups in total. The summed E-state index contributed by atoms with van der Waals surface area (Å²) in [6.45, 7) is 5.77. The summed E-state index contributed by atoms with van der Waals surface area (Å²) in [5.41, 5.74) is 0. The van der Waals surface area contributed by atoms with Crippen molar-refractivity contribution < 1.29 is 14.4 Å². The van der Waals surface area contributed by atoms with Crippen molar-refractivity contribution in [2.45, 2.75) is 58.8 Å². The van der Waals surface area contributed by atoms with Crippen LogP contribution in [0, 0.1) is 11.8 Å². The van der Waals surface area contributed by atoms with E-state index in [9.17, 15) is 14.4 Å². The van der Waals surface area contributed by atoms with Crippen LogP contribution in [-0.2, 0) is 14.4 Å². The maximum atomic E-state index is 12.4. The van der Waals surface area contributed by atoms with Gasteiger partial charge in [-0.15, -0.1) is 0 Å². The summed E-state index contributed by atoms with van der Waals surface area (Å²) in [5, 5.41) is 0. The van der Waals surface area contributed by atoms with E-state index in [1.54, 1.807) is 0 Å². The van der Waals surface area contributed by atoms with Crippen LogP contribution in [0.3, 0.4) is 0 Å². The minimum Gasteiger partial charge on any atom is -0.343 e. The van der Waals surface area contributed by atoms with Crippen LogP contribution >= 0.6 is 0 Å². The number of carbonyl (C=O) groups excluding carboxylic acids is 3. The maximum Gasteiger partial charge on any atom is 0.233 e. The molecule has 0 aromatic heterocycles. The average molecular weight is 308 g/mol. The van der Waals surface area contributed by atoms with Crippen LogP contribution in [-0.4, -0.2) is 47.2 Å². The lowest BCUT2D eigenvalue weighted by molar-refractivity contribution is -0.140. The Morgan fingerprint density at radius 2 is 1.73 bits per heavy atom. The highest BCUT2D eigenvalue weighted by Crippen LogP contribution is 2.37. The van der Waals surface area contributed by atoms with Crippen molar-refractivity contribution in [1.29, 1.82) is 0 Å². The van der Waals surface area contributed by atoms with Crippen LogP contribution in [0.2, 0.25) is 0 Å². The molecule has 1 aliphatic heterocycles. The molecule has 2 atom stereocenters. The molecule has 1 aliphatic carbocycles. The molecule has 0 aromatic rings. The van der Waals surface area contributed by atoms with Gasteiger partial charge in [-0.2, -0.15) is 0 Å². The van der Waals surface area contributed by atoms with Crippen LogP contribution in [0.1, 0.15) is 58.8 Å². The van der Waals surface area contributed by atoms with E-state index in [0.29, 0.717) is 6.54 Å². The van der Waals surface area contributed by atoms with Gasteiger partial charge in [0, 0.05) is 26.1 Å². The SMILES string of the molecule is CCCCN(CC)C(=O)CCN1C(=O)C2CCCCC2C1=O. The summed E-state index contributed by atoms with van der Waals surface area (Å²) in [5.74, 6) is -0.262. The predicted molar refractivity (Wildman–Crippen MR) is 83.9 cm³/mol. The first-order valence-electron chi connectivity index (χ1n) is 8.73. The molecule has 1 saturated heterocycles. The number of likely N-dealkylation sites (tertiary alicyclic amines) is 1. The van der Waals surface area contributed by atoms with Crippen LogP contribution < -0.4 is 0 Å². The summed E-state index contributed by atoms with van der Waals surface area (Å²) >= 11 is 0. The zero-order chi connectivity index (χ0) is 16.1. The Hall–Kier alpha value is -1.39. The molecular weight excluding hydrogens is 280 g/mol. The monoisotopic (exact) mass is 308 g/mol. The molecule has 2 fully saturated rings. The molecule has 2 rings (SSSR count). The lowest BCUT2D eigenvalue weighted by Crippen LogP contribution is -2.37. The van der Waals surface area contributed by atoms with E-state index in [1.807, 2.05) is 11.8 Å². The van der Waals surface area contributed by atoms with Crippen LogP contribution in [0.5, 0.6) is 0 Å². The third-order valence-corrected chi connectivity index (χ3v) is 5.00. The molecular formula is C17H28N2O3. The summed E-state index contributed by atoms with van der Waals surface area (Å²) in [4.78, 5) is 40.1. The molecule has 1 saturated carbocycles. The highest BCUT2D eigenvalue weighted by atomic mass is 16.2. The van der Waals surface area contributed by atoms with Gasteiger partial charge in [-0.3, -0.25) is 19.3 Å². The largest absolute Gasteiger partial charge is 0.343 e. The van der Waals surface area contributed by atoms with Gasteiger partial charge in [0.05, 0.1) is 11.8 Å². The Kier molecular flexibility index (Phi) is 5.98. The Morgan fingerprint density at radius 3 is 2.23 bits per heavy atom. The first-order valence-corrected chi connectivity index (χ1v) is 8.73. The lowest BCUT2D eigenvalue weighted by Gasteiger charge is -2.22. The second-order valence-electron chi connectivity index (χ2n) is 6.40. The fourth-order valence-electron chi connectivity index (χ4n) is 3.63. The van der Waals surface area contributed by atoms with Crippen LogP contribution in [0.15, 0.2) is 0 Å². The first kappa shape index (κ1) is 17.0. The van der Waals surface area contributed by atoms with E-state index in [0.717, 1.165) is 45.1 Å². The Labute approximate surface area is 133 Å². The van der Waals surface area contributed by atoms with Gasteiger partial charge in [-0.1, -0.05) is 26.2 Å². The van der Waals surface area contributed by atoms with E-state index >= 15 is 0 Å². The molecule has 0 spiro atoms. The Morgan fingerprint density at radius 1 is 1.14 bits per heavy atom. The number of hydrogen-bond acceptors (Lipinski definition) is 3. The summed E-state index contributed by atoms with van der Waals surface area (Å²) in [7, 11) is 0. The van der Waals surface area contributed by atoms with E-state index in [2.05, 4.69) is 6.92 Å². The van der Waals surface area contributed by atoms with Gasteiger partial charge in [0.1, 0.15) is 0 Å². The minimum absolute atomic E-state index is 0.0425. The molecule has 0 aromatic carbocycles. The third kappa shape index (κ3) is 3.50. The normalized spacial score (nSPS) is 24.5. The summed E-state index contributed by atoms with van der Waals surface area (Å²) in [6, 6.07) is 0. The van der Waals surface area contributed by atoms with Crippen molar-refractivity contribution >= 4 is 17.7 Å². The minimum atomic E-state index is -0.112. The van der Waals surface area contributed by atoms with E-state index in [1.165, 1.54) is 4.90 Å². The zero-order valence-corrected chi connectivity index (χ0v) is 13.8. The number of rotatable bonds is 7. The maximum absolute atomic E-state index is 12.4. The number of fused-ring (bicyclic) bond motifs is 1. The van der Waals surface area contributed by atoms with Gasteiger partial charge in [-0.05, 0) is 26.2 Å². The predicted octanol–water partition coefficient (Wildman–Crippen LogP) is 2.20. The molecule has 124 valence electrons. The average Bonchev–Trinajstić information content (AvgIpc) is 2.78. The van der Waals surface area contributed by atoms with Crippen LogP contribution in [0.4, 0.5) is 0 Å². The third-order valence-electron chi connectivity index (χ3n) is 5.00. The number of imide groups is 1. The van der Waals surface area contributed by atoms with Crippen molar-refractivity contribution in [3.05, 3.63) is 0 Å². The second-order valence-corrected chi connectivity index (χ2v) is 6.40. The smallest absolute Gasteiger partial charge is 0.233 e. The molecule has 0 bridgehead atoms. The van der Waals surface area contributed by atoms with Gasteiger partial charge >= 0.3 is 0 Å². The number of amides is 3. The van der Waals surface area contributed by atoms with Gasteiger partial charge in [-0.25, -0.2) is 0 Å². The van der Waals surface area contributed by atoms with E-state index in [4.69, 9.17) is 0 Å². The van der Waals surface area contributed by atoms with Gasteiger partial charge in [0.15, 0.2) is 0 Å². The molecule has 2 unspecified atom stereocenters. The zero-order valence-electron chi connectivity index (χ0n) is 13.8. The van der Waals surface area contributed by atoms with E-state index < -0.39 is 0 Å². The Balaban J connectivity index is 1.89. The van der Waals surface area contributed by atoms with Crippen molar-refractivity contribution in [3.8, 4) is 0 Å². The standard InChI is InChI=1S/C17H28N2O3/c1-3-5-11-18(4-2)15(20)10-12-19-16(21)13-8-6-7-9-14(13)17(19)22/h13-14H,3-12H2,1-2H3. The Bertz CT molecular complexity index is 412. The van der Waals surface area contributed by atoms with Crippen molar-refractivity contribution in [3.63, 3.8) is 0 Å². The molecule has 3 amide bonds. The highest BCUT2D eigenvalue weighted by molar-refractivity contribution is 6.05. The van der Waals surface area contributed by atoms with E-state index in [-0.39, 0.29) is 42.5 Å². The highest BCUT2D eigenvalue weighted by Gasteiger charge is 2.47. The first-order chi connectivity index (χ1) is 10.6. The van der Waals surface area contributed by atoms with Crippen molar-refractivity contribution in [1.82, 2.24) is 9.80 Å². The van der Waals surface area contributed by atoms with Gasteiger partial charge in [0.2, 0.25) is 17.7 Å². The number of nitrogens with zero attached hydrogens (tertiary/aromatic N) is 2. The van der Waals surface area contributed by atoms with Crippen LogP contribution in [0.25, 0.3) is 0 Å². The molecule has 0 radical (unpaired) electrons. The molecule has 22 heavy (non-hydrogen) atoms. The fraction of sp³-hybridized carbons (Fsp3) is 0.824. The quantitative estimate of drug-likeness (QED) is 0.678. The number of unbranched alkanes of at least 4 members (excludes halogenated alkanes) is 1. The molecule has 5 heteroatoms. The number of hydrogen-bond donors (Lipinski definition) is 0. The van der Waals surface area contributed by atoms with Crippen molar-refractivity contribution in [2.75, 3.05) is 19.6 Å². The molecule has 2 aliphatic rings. The number of carbonyl (C=O) groups is 3. The summed E-state index contributed by atoms with van der Waals surface area (Å²) in [6.07, 6.45) is 6.03. The van der Waals surface area contributed by atoms with Gasteiger partial charge < -0.3 is 4.90 Å². The van der Waals surface area contributed by atoms with Gasteiger partial charge in [0.25, 0.3) is 0 Å². The van der Waals surface area contributed by atoms with Crippen molar-refractivity contribution in [2.24, 2.45) is 11.8 Å². The summed E-state index contributed by atoms with van der Waals surface area (Å²) < 4.78 is 0. The second kappa shape index (κ2) is 7.75. The topological polar surface area (TPSA) is 57.7 Å². The lowest BCUT2D eigenvalue weighted by atomic mass is 9.81. The molecule has 5 nitrogen and oxygen atoms in total. The fourth-order valence-corrected chi connectivity index (χ4v) is 3.63.